The zero-order valence-electron chi connectivity index (χ0n) is 7.56. The first-order valence-corrected chi connectivity index (χ1v) is 4.34. The summed E-state index contributed by atoms with van der Waals surface area (Å²) in [6, 6.07) is 7.40. The van der Waals surface area contributed by atoms with Gasteiger partial charge in [-0.1, -0.05) is 18.2 Å². The van der Waals surface area contributed by atoms with Gasteiger partial charge in [0.2, 0.25) is 0 Å². The summed E-state index contributed by atoms with van der Waals surface area (Å²) in [5.41, 5.74) is 1.32. The van der Waals surface area contributed by atoms with E-state index in [0.717, 1.165) is 18.5 Å². The van der Waals surface area contributed by atoms with E-state index < -0.39 is 5.97 Å². The van der Waals surface area contributed by atoms with Gasteiger partial charge in [-0.2, -0.15) is 0 Å². The van der Waals surface area contributed by atoms with E-state index in [9.17, 15) is 4.79 Å². The Bertz CT molecular complexity index is 337. The quantitative estimate of drug-likeness (QED) is 0.788. The second-order valence-electron chi connectivity index (χ2n) is 3.19. The lowest BCUT2D eigenvalue weighted by Crippen LogP contribution is -2.35. The number of aromatic carboxylic acids is 1. The Hall–Kier alpha value is -1.06. The number of carbonyl (C=O) groups is 1. The molecule has 0 aromatic heterocycles. The Morgan fingerprint density at radius 2 is 2.07 bits per heavy atom. The van der Waals surface area contributed by atoms with Gasteiger partial charge in [0, 0.05) is 6.04 Å². The van der Waals surface area contributed by atoms with Crippen LogP contribution in [-0.4, -0.2) is 17.6 Å². The fraction of sp³-hybridized carbons (Fsp3) is 0.300. The van der Waals surface area contributed by atoms with Gasteiger partial charge < -0.3 is 10.4 Å². The maximum absolute atomic E-state index is 10.8. The van der Waals surface area contributed by atoms with Crippen molar-refractivity contribution in [1.29, 1.82) is 0 Å². The van der Waals surface area contributed by atoms with Gasteiger partial charge in [0.1, 0.15) is 0 Å². The first-order valence-electron chi connectivity index (χ1n) is 4.34. The van der Waals surface area contributed by atoms with Crippen LogP contribution in [-0.2, 0) is 0 Å². The minimum absolute atomic E-state index is 0. The van der Waals surface area contributed by atoms with Gasteiger partial charge in [-0.25, -0.2) is 4.79 Å². The van der Waals surface area contributed by atoms with Crippen molar-refractivity contribution in [3.63, 3.8) is 0 Å². The standard InChI is InChI=1S/C10H11NO2.ClH/c12-10(13)8-4-2-1-3-7(8)9-5-6-11-9;/h1-4,9,11H,5-6H2,(H,12,13);1H/t9-;/m0./s1. The molecule has 1 atom stereocenters. The molecule has 1 aliphatic heterocycles. The van der Waals surface area contributed by atoms with Gasteiger partial charge in [-0.3, -0.25) is 0 Å². The zero-order chi connectivity index (χ0) is 9.26. The maximum atomic E-state index is 10.8. The molecule has 0 bridgehead atoms. The lowest BCUT2D eigenvalue weighted by Gasteiger charge is -2.28. The number of benzene rings is 1. The van der Waals surface area contributed by atoms with E-state index in [1.54, 1.807) is 12.1 Å². The maximum Gasteiger partial charge on any atom is 0.336 e. The van der Waals surface area contributed by atoms with Crippen molar-refractivity contribution < 1.29 is 9.90 Å². The highest BCUT2D eigenvalue weighted by molar-refractivity contribution is 5.89. The van der Waals surface area contributed by atoms with Crippen molar-refractivity contribution in [2.75, 3.05) is 6.54 Å². The smallest absolute Gasteiger partial charge is 0.336 e. The van der Waals surface area contributed by atoms with E-state index in [4.69, 9.17) is 5.11 Å². The van der Waals surface area contributed by atoms with Crippen LogP contribution in [0.4, 0.5) is 0 Å². The molecule has 2 N–H and O–H groups in total. The van der Waals surface area contributed by atoms with Gasteiger partial charge in [-0.05, 0) is 24.6 Å². The average molecular weight is 214 g/mol. The average Bonchev–Trinajstić information content (AvgIpc) is 2.02. The van der Waals surface area contributed by atoms with Crippen LogP contribution in [0.25, 0.3) is 0 Å². The van der Waals surface area contributed by atoms with Crippen molar-refractivity contribution in [3.05, 3.63) is 35.4 Å². The Morgan fingerprint density at radius 3 is 2.57 bits per heavy atom. The molecule has 1 aliphatic rings. The third kappa shape index (κ3) is 1.89. The summed E-state index contributed by atoms with van der Waals surface area (Å²) in [6.45, 7) is 0.985. The van der Waals surface area contributed by atoms with Gasteiger partial charge in [0.05, 0.1) is 5.56 Å². The fourth-order valence-corrected chi connectivity index (χ4v) is 1.55. The number of halogens is 1. The van der Waals surface area contributed by atoms with Crippen molar-refractivity contribution in [2.45, 2.75) is 12.5 Å². The van der Waals surface area contributed by atoms with Crippen molar-refractivity contribution in [2.24, 2.45) is 0 Å². The number of hydrogen-bond donors (Lipinski definition) is 2. The van der Waals surface area contributed by atoms with E-state index in [1.165, 1.54) is 0 Å². The molecule has 0 unspecified atom stereocenters. The molecule has 0 radical (unpaired) electrons. The molecule has 0 amide bonds. The molecule has 0 aliphatic carbocycles. The summed E-state index contributed by atoms with van der Waals surface area (Å²) in [4.78, 5) is 10.8. The first-order chi connectivity index (χ1) is 6.29. The molecular formula is C10H12ClNO2. The highest BCUT2D eigenvalue weighted by atomic mass is 35.5. The summed E-state index contributed by atoms with van der Waals surface area (Å²) in [5.74, 6) is -0.843. The molecule has 1 aromatic carbocycles. The molecule has 76 valence electrons. The van der Waals surface area contributed by atoms with E-state index in [2.05, 4.69) is 5.32 Å². The second-order valence-corrected chi connectivity index (χ2v) is 3.19. The molecule has 1 fully saturated rings. The highest BCUT2D eigenvalue weighted by Gasteiger charge is 2.22. The molecule has 1 saturated heterocycles. The van der Waals surface area contributed by atoms with Gasteiger partial charge >= 0.3 is 5.97 Å². The predicted molar refractivity (Wildman–Crippen MR) is 56.0 cm³/mol. The summed E-state index contributed by atoms with van der Waals surface area (Å²) >= 11 is 0. The summed E-state index contributed by atoms with van der Waals surface area (Å²) < 4.78 is 0. The lowest BCUT2D eigenvalue weighted by molar-refractivity contribution is 0.0694. The van der Waals surface area contributed by atoms with Gasteiger partial charge in [0.25, 0.3) is 0 Å². The van der Waals surface area contributed by atoms with Crippen molar-refractivity contribution in [1.82, 2.24) is 5.32 Å². The summed E-state index contributed by atoms with van der Waals surface area (Å²) in [5, 5.41) is 12.1. The van der Waals surface area contributed by atoms with Crippen LogP contribution in [0.1, 0.15) is 28.4 Å². The normalized spacial score (nSPS) is 19.3. The molecule has 3 nitrogen and oxygen atoms in total. The van der Waals surface area contributed by atoms with Gasteiger partial charge in [0.15, 0.2) is 0 Å². The van der Waals surface area contributed by atoms with E-state index >= 15 is 0 Å². The van der Waals surface area contributed by atoms with Crippen LogP contribution in [0.3, 0.4) is 0 Å². The Kier molecular flexibility index (Phi) is 3.49. The molecule has 1 heterocycles. The fourth-order valence-electron chi connectivity index (χ4n) is 1.55. The van der Waals surface area contributed by atoms with Crippen LogP contribution < -0.4 is 5.32 Å². The zero-order valence-corrected chi connectivity index (χ0v) is 8.38. The number of carboxylic acid groups (broad SMARTS) is 1. The first kappa shape index (κ1) is 11.0. The number of nitrogens with one attached hydrogen (secondary N) is 1. The summed E-state index contributed by atoms with van der Waals surface area (Å²) in [7, 11) is 0. The van der Waals surface area contributed by atoms with E-state index in [0.29, 0.717) is 5.56 Å². The third-order valence-electron chi connectivity index (χ3n) is 2.39. The van der Waals surface area contributed by atoms with Crippen LogP contribution in [0.5, 0.6) is 0 Å². The summed E-state index contributed by atoms with van der Waals surface area (Å²) in [6.07, 6.45) is 1.03. The number of carboxylic acids is 1. The molecule has 0 spiro atoms. The lowest BCUT2D eigenvalue weighted by atomic mass is 9.94. The Labute approximate surface area is 88.5 Å². The van der Waals surface area contributed by atoms with Gasteiger partial charge in [-0.15, -0.1) is 12.4 Å². The second kappa shape index (κ2) is 4.44. The van der Waals surface area contributed by atoms with Crippen LogP contribution in [0.2, 0.25) is 0 Å². The topological polar surface area (TPSA) is 49.3 Å². The molecule has 1 aromatic rings. The molecule has 2 rings (SSSR count). The van der Waals surface area contributed by atoms with E-state index in [1.807, 2.05) is 12.1 Å². The number of rotatable bonds is 2. The van der Waals surface area contributed by atoms with Crippen LogP contribution in [0, 0.1) is 0 Å². The van der Waals surface area contributed by atoms with Crippen molar-refractivity contribution in [3.8, 4) is 0 Å². The minimum Gasteiger partial charge on any atom is -0.478 e. The Balaban J connectivity index is 0.000000980. The molecule has 4 heteroatoms. The Morgan fingerprint density at radius 1 is 1.43 bits per heavy atom. The highest BCUT2D eigenvalue weighted by Crippen LogP contribution is 2.25. The van der Waals surface area contributed by atoms with Crippen LogP contribution >= 0.6 is 12.4 Å². The van der Waals surface area contributed by atoms with Crippen LogP contribution in [0.15, 0.2) is 24.3 Å². The molecule has 14 heavy (non-hydrogen) atoms. The van der Waals surface area contributed by atoms with Crippen molar-refractivity contribution >= 4 is 18.4 Å². The monoisotopic (exact) mass is 213 g/mol. The molecular weight excluding hydrogens is 202 g/mol. The third-order valence-corrected chi connectivity index (χ3v) is 2.39. The predicted octanol–water partition coefficient (Wildman–Crippen LogP) is 1.84. The SMILES string of the molecule is Cl.O=C(O)c1ccccc1[C@@H]1CCN1. The minimum atomic E-state index is -0.843. The van der Waals surface area contributed by atoms with E-state index in [-0.39, 0.29) is 18.4 Å². The largest absolute Gasteiger partial charge is 0.478 e. The number of hydrogen-bond acceptors (Lipinski definition) is 2. The molecule has 0 saturated carbocycles.